The molecule has 2 aliphatic heterocycles. The Kier molecular flexibility index (Phi) is 3.69. The molecule has 1 aromatic carbocycles. The van der Waals surface area contributed by atoms with Crippen LogP contribution in [-0.2, 0) is 29.5 Å². The van der Waals surface area contributed by atoms with Gasteiger partial charge >= 0.3 is 0 Å². The zero-order chi connectivity index (χ0) is 16.7. The number of aryl methyl sites for hydroxylation is 1. The predicted molar refractivity (Wildman–Crippen MR) is 84.4 cm³/mol. The maximum atomic E-state index is 12.8. The molecule has 128 valence electrons. The molecule has 0 spiro atoms. The lowest BCUT2D eigenvalue weighted by Gasteiger charge is -2.21. The van der Waals surface area contributed by atoms with Crippen LogP contribution in [0.2, 0.25) is 0 Å². The number of sulfonamides is 1. The van der Waals surface area contributed by atoms with Gasteiger partial charge in [0.25, 0.3) is 0 Å². The lowest BCUT2D eigenvalue weighted by Crippen LogP contribution is -2.28. The molecule has 0 N–H and O–H groups in total. The lowest BCUT2D eigenvalue weighted by molar-refractivity contribution is 0.171. The van der Waals surface area contributed by atoms with Gasteiger partial charge in [-0.15, -0.1) is 10.2 Å². The third kappa shape index (κ3) is 2.53. The molecule has 0 saturated heterocycles. The molecule has 8 nitrogen and oxygen atoms in total. The van der Waals surface area contributed by atoms with Gasteiger partial charge in [-0.2, -0.15) is 4.31 Å². The molecule has 0 bridgehead atoms. The zero-order valence-corrected chi connectivity index (χ0v) is 14.1. The van der Waals surface area contributed by atoms with E-state index < -0.39 is 10.0 Å². The van der Waals surface area contributed by atoms with Crippen molar-refractivity contribution >= 4 is 10.0 Å². The molecular weight excluding hydrogens is 332 g/mol. The first-order valence-corrected chi connectivity index (χ1v) is 9.26. The quantitative estimate of drug-likeness (QED) is 0.811. The van der Waals surface area contributed by atoms with Gasteiger partial charge in [0.1, 0.15) is 24.9 Å². The molecular formula is C15H18N4O4S. The predicted octanol–water partition coefficient (Wildman–Crippen LogP) is 0.816. The van der Waals surface area contributed by atoms with E-state index in [9.17, 15) is 8.42 Å². The van der Waals surface area contributed by atoms with E-state index in [1.807, 2.05) is 4.57 Å². The van der Waals surface area contributed by atoms with Gasteiger partial charge in [0.15, 0.2) is 11.5 Å². The number of hydrogen-bond donors (Lipinski definition) is 0. The van der Waals surface area contributed by atoms with Crippen LogP contribution >= 0.6 is 0 Å². The summed E-state index contributed by atoms with van der Waals surface area (Å²) in [5, 5.41) is 8.23. The van der Waals surface area contributed by atoms with Crippen molar-refractivity contribution in [1.82, 2.24) is 19.1 Å². The van der Waals surface area contributed by atoms with Crippen LogP contribution in [0, 0.1) is 0 Å². The number of aromatic nitrogens is 3. The van der Waals surface area contributed by atoms with Crippen LogP contribution in [0.15, 0.2) is 23.1 Å². The van der Waals surface area contributed by atoms with E-state index in [4.69, 9.17) is 9.47 Å². The number of benzene rings is 1. The van der Waals surface area contributed by atoms with E-state index in [2.05, 4.69) is 10.2 Å². The van der Waals surface area contributed by atoms with Gasteiger partial charge in [0.2, 0.25) is 10.0 Å². The molecule has 4 rings (SSSR count). The lowest BCUT2D eigenvalue weighted by atomic mass is 10.3. The molecule has 0 atom stereocenters. The van der Waals surface area contributed by atoms with E-state index in [0.717, 1.165) is 25.2 Å². The minimum atomic E-state index is -3.65. The molecule has 0 unspecified atom stereocenters. The monoisotopic (exact) mass is 350 g/mol. The normalized spacial score (nSPS) is 16.4. The van der Waals surface area contributed by atoms with Crippen LogP contribution in [0.25, 0.3) is 0 Å². The zero-order valence-electron chi connectivity index (χ0n) is 13.3. The fraction of sp³-hybridized carbons (Fsp3) is 0.467. The Morgan fingerprint density at radius 3 is 2.83 bits per heavy atom. The highest BCUT2D eigenvalue weighted by Crippen LogP contribution is 2.33. The number of rotatable bonds is 4. The molecule has 2 aromatic rings. The van der Waals surface area contributed by atoms with Gasteiger partial charge in [-0.1, -0.05) is 0 Å². The Bertz CT molecular complexity index is 878. The number of ether oxygens (including phenoxy) is 2. The fourth-order valence-corrected chi connectivity index (χ4v) is 4.12. The minimum Gasteiger partial charge on any atom is -0.486 e. The summed E-state index contributed by atoms with van der Waals surface area (Å²) in [7, 11) is -2.10. The first-order chi connectivity index (χ1) is 11.6. The minimum absolute atomic E-state index is 0.176. The summed E-state index contributed by atoms with van der Waals surface area (Å²) in [4.78, 5) is 0.176. The fourth-order valence-electron chi connectivity index (χ4n) is 2.98. The van der Waals surface area contributed by atoms with Crippen molar-refractivity contribution in [3.63, 3.8) is 0 Å². The summed E-state index contributed by atoms with van der Waals surface area (Å²) in [5.41, 5.74) is 0. The van der Waals surface area contributed by atoms with Crippen LogP contribution in [0.1, 0.15) is 18.1 Å². The molecule has 1 aromatic heterocycles. The van der Waals surface area contributed by atoms with E-state index in [0.29, 0.717) is 30.5 Å². The Hall–Kier alpha value is -2.13. The number of hydrogen-bond acceptors (Lipinski definition) is 6. The molecule has 9 heteroatoms. The van der Waals surface area contributed by atoms with Crippen LogP contribution in [-0.4, -0.2) is 47.7 Å². The first-order valence-electron chi connectivity index (χ1n) is 7.82. The summed E-state index contributed by atoms with van der Waals surface area (Å²) in [6.07, 6.45) is 1.92. The largest absolute Gasteiger partial charge is 0.486 e. The topological polar surface area (TPSA) is 86.6 Å². The van der Waals surface area contributed by atoms with Crippen LogP contribution < -0.4 is 9.47 Å². The van der Waals surface area contributed by atoms with Crippen LogP contribution in [0.5, 0.6) is 11.5 Å². The van der Waals surface area contributed by atoms with E-state index in [1.54, 1.807) is 13.1 Å². The Balaban J connectivity index is 1.59. The maximum absolute atomic E-state index is 12.8. The average Bonchev–Trinajstić information content (AvgIpc) is 3.19. The van der Waals surface area contributed by atoms with Crippen LogP contribution in [0.3, 0.4) is 0 Å². The SMILES string of the molecule is CN(Cc1nnc2n1CCC2)S(=O)(=O)c1ccc2c(c1)OCCO2. The third-order valence-electron chi connectivity index (χ3n) is 4.27. The highest BCUT2D eigenvalue weighted by atomic mass is 32.2. The van der Waals surface area contributed by atoms with Crippen molar-refractivity contribution in [3.05, 3.63) is 29.8 Å². The molecule has 0 radical (unpaired) electrons. The van der Waals surface area contributed by atoms with E-state index >= 15 is 0 Å². The molecule has 0 aliphatic carbocycles. The van der Waals surface area contributed by atoms with Crippen LogP contribution in [0.4, 0.5) is 0 Å². The first kappa shape index (κ1) is 15.4. The summed E-state index contributed by atoms with van der Waals surface area (Å²) < 4.78 is 39.8. The third-order valence-corrected chi connectivity index (χ3v) is 6.07. The highest BCUT2D eigenvalue weighted by Gasteiger charge is 2.26. The summed E-state index contributed by atoms with van der Waals surface area (Å²) in [6.45, 7) is 1.91. The van der Waals surface area contributed by atoms with Crippen molar-refractivity contribution in [2.24, 2.45) is 0 Å². The van der Waals surface area contributed by atoms with Crippen molar-refractivity contribution in [1.29, 1.82) is 0 Å². The molecule has 3 heterocycles. The van der Waals surface area contributed by atoms with Crippen molar-refractivity contribution < 1.29 is 17.9 Å². The second kappa shape index (κ2) is 5.75. The van der Waals surface area contributed by atoms with Gasteiger partial charge in [0, 0.05) is 26.1 Å². The standard InChI is InChI=1S/C15H18N4O4S/c1-18(10-15-17-16-14-3-2-6-19(14)15)24(20,21)11-4-5-12-13(9-11)23-8-7-22-12/h4-5,9H,2-3,6-8,10H2,1H3. The van der Waals surface area contributed by atoms with Gasteiger partial charge in [0.05, 0.1) is 11.4 Å². The molecule has 0 fully saturated rings. The second-order valence-corrected chi connectivity index (χ2v) is 7.90. The molecule has 0 amide bonds. The molecule has 2 aliphatic rings. The van der Waals surface area contributed by atoms with Crippen molar-refractivity contribution in [2.75, 3.05) is 20.3 Å². The maximum Gasteiger partial charge on any atom is 0.243 e. The summed E-state index contributed by atoms with van der Waals surface area (Å²) >= 11 is 0. The number of nitrogens with zero attached hydrogens (tertiary/aromatic N) is 4. The van der Waals surface area contributed by atoms with E-state index in [1.165, 1.54) is 16.4 Å². The Morgan fingerprint density at radius 2 is 2.00 bits per heavy atom. The van der Waals surface area contributed by atoms with Gasteiger partial charge < -0.3 is 14.0 Å². The van der Waals surface area contributed by atoms with E-state index in [-0.39, 0.29) is 11.4 Å². The second-order valence-electron chi connectivity index (χ2n) is 5.85. The summed E-state index contributed by atoms with van der Waals surface area (Å²) in [5.74, 6) is 2.62. The van der Waals surface area contributed by atoms with Crippen molar-refractivity contribution in [2.45, 2.75) is 30.8 Å². The highest BCUT2D eigenvalue weighted by molar-refractivity contribution is 7.89. The number of fused-ring (bicyclic) bond motifs is 2. The molecule has 24 heavy (non-hydrogen) atoms. The van der Waals surface area contributed by atoms with Gasteiger partial charge in [-0.25, -0.2) is 8.42 Å². The Labute approximate surface area is 140 Å². The average molecular weight is 350 g/mol. The Morgan fingerprint density at radius 1 is 1.21 bits per heavy atom. The van der Waals surface area contributed by atoms with Gasteiger partial charge in [-0.05, 0) is 18.6 Å². The van der Waals surface area contributed by atoms with Gasteiger partial charge in [-0.3, -0.25) is 0 Å². The van der Waals surface area contributed by atoms with Crippen molar-refractivity contribution in [3.8, 4) is 11.5 Å². The molecule has 0 saturated carbocycles. The smallest absolute Gasteiger partial charge is 0.243 e. The summed E-state index contributed by atoms with van der Waals surface area (Å²) in [6, 6.07) is 4.67.